The lowest BCUT2D eigenvalue weighted by Gasteiger charge is -2.27. The van der Waals surface area contributed by atoms with Gasteiger partial charge >= 0.3 is 0 Å². The highest BCUT2D eigenvalue weighted by atomic mass is 15.3. The first-order valence-corrected chi connectivity index (χ1v) is 7.32. The van der Waals surface area contributed by atoms with Crippen molar-refractivity contribution in [3.8, 4) is 11.4 Å². The predicted molar refractivity (Wildman–Crippen MR) is 80.5 cm³/mol. The SMILES string of the molecule is Cc1cccc(-c2nnc3n2CCNC3C(C)C)c1C. The van der Waals surface area contributed by atoms with Crippen molar-refractivity contribution in [1.82, 2.24) is 20.1 Å². The molecule has 1 aliphatic heterocycles. The zero-order chi connectivity index (χ0) is 14.3. The van der Waals surface area contributed by atoms with Gasteiger partial charge in [-0.3, -0.25) is 0 Å². The van der Waals surface area contributed by atoms with Crippen molar-refractivity contribution in [3.63, 3.8) is 0 Å². The lowest BCUT2D eigenvalue weighted by molar-refractivity contribution is 0.339. The topological polar surface area (TPSA) is 42.7 Å². The van der Waals surface area contributed by atoms with Crippen LogP contribution in [0.15, 0.2) is 18.2 Å². The van der Waals surface area contributed by atoms with Gasteiger partial charge in [0.2, 0.25) is 0 Å². The molecule has 106 valence electrons. The first-order valence-electron chi connectivity index (χ1n) is 7.32. The molecule has 1 aliphatic rings. The van der Waals surface area contributed by atoms with E-state index >= 15 is 0 Å². The Bertz CT molecular complexity index is 627. The molecular weight excluding hydrogens is 248 g/mol. The fraction of sp³-hybridized carbons (Fsp3) is 0.500. The largest absolute Gasteiger partial charge is 0.308 e. The summed E-state index contributed by atoms with van der Waals surface area (Å²) in [5.74, 6) is 2.60. The number of hydrogen-bond donors (Lipinski definition) is 1. The molecule has 2 heterocycles. The van der Waals surface area contributed by atoms with Gasteiger partial charge in [0, 0.05) is 18.7 Å². The van der Waals surface area contributed by atoms with E-state index in [-0.39, 0.29) is 0 Å². The molecule has 4 nitrogen and oxygen atoms in total. The Labute approximate surface area is 120 Å². The molecule has 1 aromatic carbocycles. The third kappa shape index (κ3) is 2.04. The van der Waals surface area contributed by atoms with Crippen molar-refractivity contribution >= 4 is 0 Å². The number of aryl methyl sites for hydroxylation is 1. The molecule has 1 N–H and O–H groups in total. The summed E-state index contributed by atoms with van der Waals surface area (Å²) in [6, 6.07) is 6.69. The summed E-state index contributed by atoms with van der Waals surface area (Å²) >= 11 is 0. The fourth-order valence-electron chi connectivity index (χ4n) is 2.92. The van der Waals surface area contributed by atoms with E-state index in [1.807, 2.05) is 0 Å². The molecule has 0 bridgehead atoms. The first-order chi connectivity index (χ1) is 9.59. The van der Waals surface area contributed by atoms with Gasteiger partial charge in [-0.1, -0.05) is 32.0 Å². The van der Waals surface area contributed by atoms with E-state index in [9.17, 15) is 0 Å². The normalized spacial score (nSPS) is 18.4. The number of nitrogens with zero attached hydrogens (tertiary/aromatic N) is 3. The van der Waals surface area contributed by atoms with Crippen LogP contribution >= 0.6 is 0 Å². The molecule has 1 unspecified atom stereocenters. The number of fused-ring (bicyclic) bond motifs is 1. The maximum atomic E-state index is 4.48. The van der Waals surface area contributed by atoms with E-state index in [1.165, 1.54) is 16.7 Å². The van der Waals surface area contributed by atoms with Gasteiger partial charge in [-0.25, -0.2) is 0 Å². The zero-order valence-corrected chi connectivity index (χ0v) is 12.6. The van der Waals surface area contributed by atoms with Gasteiger partial charge in [0.25, 0.3) is 0 Å². The van der Waals surface area contributed by atoms with E-state index in [0.29, 0.717) is 12.0 Å². The fourth-order valence-corrected chi connectivity index (χ4v) is 2.92. The minimum Gasteiger partial charge on any atom is -0.308 e. The van der Waals surface area contributed by atoms with Gasteiger partial charge < -0.3 is 9.88 Å². The highest BCUT2D eigenvalue weighted by molar-refractivity contribution is 5.62. The standard InChI is InChI=1S/C16H22N4/c1-10(2)14-16-19-18-15(20(16)9-8-17-14)13-7-5-6-11(3)12(13)4/h5-7,10,14,17H,8-9H2,1-4H3. The summed E-state index contributed by atoms with van der Waals surface area (Å²) in [4.78, 5) is 0. The molecule has 0 radical (unpaired) electrons. The van der Waals surface area contributed by atoms with Gasteiger partial charge in [-0.05, 0) is 30.9 Å². The van der Waals surface area contributed by atoms with Crippen LogP contribution in [0.25, 0.3) is 11.4 Å². The van der Waals surface area contributed by atoms with Gasteiger partial charge in [-0.2, -0.15) is 0 Å². The number of nitrogens with one attached hydrogen (secondary N) is 1. The third-order valence-electron chi connectivity index (χ3n) is 4.27. The molecule has 4 heteroatoms. The van der Waals surface area contributed by atoms with E-state index in [4.69, 9.17) is 0 Å². The van der Waals surface area contributed by atoms with Crippen molar-refractivity contribution in [1.29, 1.82) is 0 Å². The third-order valence-corrected chi connectivity index (χ3v) is 4.27. The van der Waals surface area contributed by atoms with E-state index < -0.39 is 0 Å². The molecular formula is C16H22N4. The number of benzene rings is 1. The minimum absolute atomic E-state index is 0.301. The van der Waals surface area contributed by atoms with Crippen LogP contribution in [0.5, 0.6) is 0 Å². The number of hydrogen-bond acceptors (Lipinski definition) is 3. The molecule has 0 saturated carbocycles. The summed E-state index contributed by atoms with van der Waals surface area (Å²) in [6.45, 7) is 10.7. The summed E-state index contributed by atoms with van der Waals surface area (Å²) in [5.41, 5.74) is 3.80. The smallest absolute Gasteiger partial charge is 0.164 e. The maximum Gasteiger partial charge on any atom is 0.164 e. The second kappa shape index (κ2) is 5.02. The molecule has 20 heavy (non-hydrogen) atoms. The second-order valence-electron chi connectivity index (χ2n) is 5.96. The average Bonchev–Trinajstić information content (AvgIpc) is 2.85. The molecule has 1 aromatic heterocycles. The minimum atomic E-state index is 0.301. The Kier molecular flexibility index (Phi) is 3.34. The van der Waals surface area contributed by atoms with E-state index in [1.54, 1.807) is 0 Å². The van der Waals surface area contributed by atoms with Gasteiger partial charge in [0.05, 0.1) is 6.04 Å². The van der Waals surface area contributed by atoms with Crippen LogP contribution in [0.1, 0.15) is 36.8 Å². The first kappa shape index (κ1) is 13.3. The Morgan fingerprint density at radius 1 is 1.25 bits per heavy atom. The quantitative estimate of drug-likeness (QED) is 0.912. The Morgan fingerprint density at radius 2 is 2.05 bits per heavy atom. The van der Waals surface area contributed by atoms with Crippen molar-refractivity contribution in [3.05, 3.63) is 35.2 Å². The van der Waals surface area contributed by atoms with Gasteiger partial charge in [0.1, 0.15) is 0 Å². The molecule has 0 spiro atoms. The van der Waals surface area contributed by atoms with Crippen LogP contribution < -0.4 is 5.32 Å². The summed E-state index contributed by atoms with van der Waals surface area (Å²) in [7, 11) is 0. The van der Waals surface area contributed by atoms with E-state index in [0.717, 1.165) is 24.7 Å². The second-order valence-corrected chi connectivity index (χ2v) is 5.96. The Balaban J connectivity index is 2.11. The van der Waals surface area contributed by atoms with Crippen LogP contribution in [0, 0.1) is 19.8 Å². The Morgan fingerprint density at radius 3 is 2.80 bits per heavy atom. The van der Waals surface area contributed by atoms with Crippen LogP contribution in [-0.4, -0.2) is 21.3 Å². The predicted octanol–water partition coefficient (Wildman–Crippen LogP) is 2.86. The average molecular weight is 270 g/mol. The number of aromatic nitrogens is 3. The summed E-state index contributed by atoms with van der Waals surface area (Å²) in [6.07, 6.45) is 0. The molecule has 0 fully saturated rings. The lowest BCUT2D eigenvalue weighted by atomic mass is 10.0. The van der Waals surface area contributed by atoms with Crippen molar-refractivity contribution in [2.45, 2.75) is 40.3 Å². The highest BCUT2D eigenvalue weighted by Crippen LogP contribution is 2.29. The van der Waals surface area contributed by atoms with Gasteiger partial charge in [-0.15, -0.1) is 10.2 Å². The molecule has 0 amide bonds. The van der Waals surface area contributed by atoms with Crippen LogP contribution in [0.2, 0.25) is 0 Å². The maximum absolute atomic E-state index is 4.48. The van der Waals surface area contributed by atoms with Crippen LogP contribution in [0.4, 0.5) is 0 Å². The van der Waals surface area contributed by atoms with Crippen molar-refractivity contribution < 1.29 is 0 Å². The number of rotatable bonds is 2. The monoisotopic (exact) mass is 270 g/mol. The van der Waals surface area contributed by atoms with E-state index in [2.05, 4.69) is 66.0 Å². The van der Waals surface area contributed by atoms with Crippen LogP contribution in [0.3, 0.4) is 0 Å². The molecule has 0 saturated heterocycles. The van der Waals surface area contributed by atoms with Gasteiger partial charge in [0.15, 0.2) is 11.6 Å². The Hall–Kier alpha value is -1.68. The molecule has 3 rings (SSSR count). The van der Waals surface area contributed by atoms with Crippen molar-refractivity contribution in [2.75, 3.05) is 6.54 Å². The molecule has 1 atom stereocenters. The molecule has 2 aromatic rings. The summed E-state index contributed by atoms with van der Waals surface area (Å²) < 4.78 is 2.28. The lowest BCUT2D eigenvalue weighted by Crippen LogP contribution is -2.36. The summed E-state index contributed by atoms with van der Waals surface area (Å²) in [5, 5.41) is 12.5. The molecule has 0 aliphatic carbocycles. The zero-order valence-electron chi connectivity index (χ0n) is 12.6. The van der Waals surface area contributed by atoms with Crippen molar-refractivity contribution in [2.24, 2.45) is 5.92 Å². The highest BCUT2D eigenvalue weighted by Gasteiger charge is 2.27. The van der Waals surface area contributed by atoms with Crippen LogP contribution in [-0.2, 0) is 6.54 Å².